The second-order valence-electron chi connectivity index (χ2n) is 7.53. The minimum atomic E-state index is -0.480. The average Bonchev–Trinajstić information content (AvgIpc) is 3.18. The number of fused-ring (bicyclic) bond motifs is 1. The molecule has 0 spiro atoms. The number of piperidine rings is 1. The van der Waals surface area contributed by atoms with E-state index in [9.17, 15) is 9.18 Å². The van der Waals surface area contributed by atoms with E-state index in [2.05, 4.69) is 15.1 Å². The van der Waals surface area contributed by atoms with Crippen LogP contribution < -0.4 is 9.47 Å². The van der Waals surface area contributed by atoms with Crippen LogP contribution in [0.25, 0.3) is 16.7 Å². The first-order chi connectivity index (χ1) is 15.0. The van der Waals surface area contributed by atoms with E-state index in [0.717, 1.165) is 0 Å². The Hall–Kier alpha value is -3.43. The number of hydrogen-bond donors (Lipinski definition) is 0. The Morgan fingerprint density at radius 2 is 2.00 bits per heavy atom. The number of aromatic nitrogens is 4. The molecule has 4 rings (SSSR count). The highest BCUT2D eigenvalue weighted by atomic mass is 19.1. The lowest BCUT2D eigenvalue weighted by Crippen LogP contribution is -2.42. The Bertz CT molecular complexity index is 1080. The number of methoxy groups -OCH3 is 1. The molecule has 1 aromatic carbocycles. The van der Waals surface area contributed by atoms with Crippen molar-refractivity contribution in [2.45, 2.75) is 38.9 Å². The van der Waals surface area contributed by atoms with Gasteiger partial charge in [0.15, 0.2) is 11.5 Å². The minimum absolute atomic E-state index is 0.109. The molecule has 1 amide bonds. The first-order valence-corrected chi connectivity index (χ1v) is 10.1. The van der Waals surface area contributed by atoms with Crippen LogP contribution in [0.2, 0.25) is 0 Å². The molecule has 0 saturated carbocycles. The van der Waals surface area contributed by atoms with Crippen LogP contribution in [-0.2, 0) is 4.74 Å². The van der Waals surface area contributed by atoms with Crippen molar-refractivity contribution in [3.63, 3.8) is 0 Å². The summed E-state index contributed by atoms with van der Waals surface area (Å²) in [7, 11) is 1.48. The van der Waals surface area contributed by atoms with Gasteiger partial charge in [-0.15, -0.1) is 0 Å². The summed E-state index contributed by atoms with van der Waals surface area (Å²) in [6, 6.07) is 4.53. The van der Waals surface area contributed by atoms with Crippen LogP contribution >= 0.6 is 0 Å². The summed E-state index contributed by atoms with van der Waals surface area (Å²) >= 11 is 0. The van der Waals surface area contributed by atoms with Crippen LogP contribution in [0.1, 0.15) is 26.7 Å². The Balaban J connectivity index is 1.50. The number of amides is 1. The summed E-state index contributed by atoms with van der Waals surface area (Å²) < 4.78 is 32.3. The molecule has 10 heteroatoms. The summed E-state index contributed by atoms with van der Waals surface area (Å²) in [4.78, 5) is 22.2. The van der Waals surface area contributed by atoms with Gasteiger partial charge in [-0.2, -0.15) is 5.10 Å². The molecule has 3 aromatic rings. The van der Waals surface area contributed by atoms with Gasteiger partial charge in [0.2, 0.25) is 5.88 Å². The quantitative estimate of drug-likeness (QED) is 0.614. The maximum absolute atomic E-state index is 14.5. The smallest absolute Gasteiger partial charge is 0.410 e. The van der Waals surface area contributed by atoms with E-state index >= 15 is 0 Å². The highest BCUT2D eigenvalue weighted by Gasteiger charge is 2.26. The zero-order valence-corrected chi connectivity index (χ0v) is 17.6. The summed E-state index contributed by atoms with van der Waals surface area (Å²) in [5, 5.41) is 4.87. The van der Waals surface area contributed by atoms with E-state index in [0.29, 0.717) is 48.6 Å². The van der Waals surface area contributed by atoms with Crippen LogP contribution in [-0.4, -0.2) is 63.1 Å². The van der Waals surface area contributed by atoms with Crippen LogP contribution in [0, 0.1) is 5.82 Å². The lowest BCUT2D eigenvalue weighted by molar-refractivity contribution is 0.0511. The highest BCUT2D eigenvalue weighted by Crippen LogP contribution is 2.28. The largest absolute Gasteiger partial charge is 0.497 e. The third kappa shape index (κ3) is 4.37. The van der Waals surface area contributed by atoms with Gasteiger partial charge in [0.25, 0.3) is 0 Å². The van der Waals surface area contributed by atoms with Gasteiger partial charge in [-0.25, -0.2) is 23.8 Å². The molecule has 1 saturated heterocycles. The fraction of sp³-hybridized carbons (Fsp3) is 0.429. The molecule has 1 fully saturated rings. The normalized spacial score (nSPS) is 14.8. The van der Waals surface area contributed by atoms with Crippen LogP contribution in [0.4, 0.5) is 9.18 Å². The SMILES string of the molecule is COc1ccc(-n2ncc3c(OC4CCN(C(=O)OC(C)C)CC4)ncnc32)c(F)c1. The average molecular weight is 429 g/mol. The molecule has 0 atom stereocenters. The lowest BCUT2D eigenvalue weighted by Gasteiger charge is -2.31. The maximum Gasteiger partial charge on any atom is 0.410 e. The van der Waals surface area contributed by atoms with Gasteiger partial charge in [0.05, 0.1) is 19.4 Å². The molecule has 0 N–H and O–H groups in total. The number of carbonyl (C=O) groups excluding carboxylic acids is 1. The van der Waals surface area contributed by atoms with Gasteiger partial charge < -0.3 is 19.1 Å². The fourth-order valence-electron chi connectivity index (χ4n) is 3.47. The predicted octanol–water partition coefficient (Wildman–Crippen LogP) is 3.35. The lowest BCUT2D eigenvalue weighted by atomic mass is 10.1. The highest BCUT2D eigenvalue weighted by molar-refractivity contribution is 5.81. The van der Waals surface area contributed by atoms with Gasteiger partial charge in [-0.1, -0.05) is 0 Å². The Labute approximate surface area is 178 Å². The van der Waals surface area contributed by atoms with Crippen molar-refractivity contribution in [3.8, 4) is 17.3 Å². The minimum Gasteiger partial charge on any atom is -0.497 e. The van der Waals surface area contributed by atoms with Crippen molar-refractivity contribution in [2.75, 3.05) is 20.2 Å². The molecule has 1 aliphatic rings. The van der Waals surface area contributed by atoms with Crippen molar-refractivity contribution in [3.05, 3.63) is 36.5 Å². The first-order valence-electron chi connectivity index (χ1n) is 10.1. The number of nitrogens with zero attached hydrogens (tertiary/aromatic N) is 5. The van der Waals surface area contributed by atoms with Gasteiger partial charge in [0, 0.05) is 32.0 Å². The number of halogens is 1. The summed E-state index contributed by atoms with van der Waals surface area (Å²) in [5.74, 6) is 0.319. The molecule has 3 heterocycles. The first kappa shape index (κ1) is 20.8. The zero-order chi connectivity index (χ0) is 22.0. The molecule has 0 radical (unpaired) electrons. The molecular weight excluding hydrogens is 405 g/mol. The number of ether oxygens (including phenoxy) is 3. The van der Waals surface area contributed by atoms with Crippen molar-refractivity contribution in [1.29, 1.82) is 0 Å². The zero-order valence-electron chi connectivity index (χ0n) is 17.6. The summed E-state index contributed by atoms with van der Waals surface area (Å²) in [5.41, 5.74) is 0.685. The molecule has 164 valence electrons. The molecule has 1 aliphatic heterocycles. The molecule has 2 aromatic heterocycles. The topological polar surface area (TPSA) is 91.6 Å². The van der Waals surface area contributed by atoms with E-state index in [4.69, 9.17) is 14.2 Å². The Morgan fingerprint density at radius 1 is 1.23 bits per heavy atom. The summed E-state index contributed by atoms with van der Waals surface area (Å²) in [6.07, 6.45) is 3.67. The standard InChI is InChI=1S/C21H24FN5O4/c1-13(2)30-21(28)26-8-6-14(7-9-26)31-20-16-11-25-27(19(16)23-12-24-20)18-5-4-15(29-3)10-17(18)22/h4-5,10-14H,6-9H2,1-3H3. The van der Waals surface area contributed by atoms with Crippen molar-refractivity contribution < 1.29 is 23.4 Å². The fourth-order valence-corrected chi connectivity index (χ4v) is 3.47. The van der Waals surface area contributed by atoms with E-state index in [1.165, 1.54) is 24.2 Å². The number of benzene rings is 1. The molecule has 31 heavy (non-hydrogen) atoms. The maximum atomic E-state index is 14.5. The van der Waals surface area contributed by atoms with E-state index < -0.39 is 5.82 Å². The molecular formula is C21H24FN5O4. The third-order valence-electron chi connectivity index (χ3n) is 5.03. The Morgan fingerprint density at radius 3 is 2.68 bits per heavy atom. The van der Waals surface area contributed by atoms with Gasteiger partial charge >= 0.3 is 6.09 Å². The molecule has 0 bridgehead atoms. The third-order valence-corrected chi connectivity index (χ3v) is 5.03. The van der Waals surface area contributed by atoms with Crippen molar-refractivity contribution in [1.82, 2.24) is 24.6 Å². The van der Waals surface area contributed by atoms with Crippen molar-refractivity contribution >= 4 is 17.1 Å². The summed E-state index contributed by atoms with van der Waals surface area (Å²) in [6.45, 7) is 4.74. The molecule has 0 unspecified atom stereocenters. The molecule has 9 nitrogen and oxygen atoms in total. The van der Waals surface area contributed by atoms with E-state index in [1.807, 2.05) is 13.8 Å². The molecule has 0 aliphatic carbocycles. The van der Waals surface area contributed by atoms with Crippen LogP contribution in [0.5, 0.6) is 11.6 Å². The van der Waals surface area contributed by atoms with Crippen LogP contribution in [0.15, 0.2) is 30.7 Å². The van der Waals surface area contributed by atoms with Crippen LogP contribution in [0.3, 0.4) is 0 Å². The second-order valence-corrected chi connectivity index (χ2v) is 7.53. The van der Waals surface area contributed by atoms with Crippen molar-refractivity contribution in [2.24, 2.45) is 0 Å². The number of carbonyl (C=O) groups is 1. The number of rotatable bonds is 5. The van der Waals surface area contributed by atoms with Gasteiger partial charge in [-0.05, 0) is 26.0 Å². The number of hydrogen-bond acceptors (Lipinski definition) is 7. The monoisotopic (exact) mass is 429 g/mol. The van der Waals surface area contributed by atoms with Gasteiger partial charge in [-0.3, -0.25) is 0 Å². The second kappa shape index (κ2) is 8.75. The van der Waals surface area contributed by atoms with E-state index in [-0.39, 0.29) is 24.0 Å². The Kier molecular flexibility index (Phi) is 5.88. The number of likely N-dealkylation sites (tertiary alicyclic amines) is 1. The predicted molar refractivity (Wildman–Crippen MR) is 110 cm³/mol. The van der Waals surface area contributed by atoms with Gasteiger partial charge in [0.1, 0.15) is 29.3 Å². The van der Waals surface area contributed by atoms with E-state index in [1.54, 1.807) is 23.2 Å².